The normalized spacial score (nSPS) is 31.7. The van der Waals surface area contributed by atoms with Crippen molar-refractivity contribution >= 4 is 16.2 Å². The number of carboxylic acids is 1. The van der Waals surface area contributed by atoms with Gasteiger partial charge in [0.25, 0.3) is 10.2 Å². The van der Waals surface area contributed by atoms with Crippen LogP contribution in [0, 0.1) is 11.8 Å². The number of hydrogen-bond acceptors (Lipinski definition) is 4. The van der Waals surface area contributed by atoms with Crippen LogP contribution in [0.4, 0.5) is 0 Å². The summed E-state index contributed by atoms with van der Waals surface area (Å²) in [7, 11) is -3.63. The number of nitrogens with zero attached hydrogens (tertiary/aromatic N) is 2. The van der Waals surface area contributed by atoms with Gasteiger partial charge in [0.05, 0.1) is 25.2 Å². The molecule has 2 fully saturated rings. The summed E-state index contributed by atoms with van der Waals surface area (Å²) < 4.78 is 33.6. The van der Waals surface area contributed by atoms with Crippen LogP contribution in [-0.4, -0.2) is 67.0 Å². The molecule has 0 aromatic heterocycles. The second-order valence-electron chi connectivity index (χ2n) is 5.87. The molecule has 7 nitrogen and oxygen atoms in total. The maximum Gasteiger partial charge on any atom is 0.310 e. The summed E-state index contributed by atoms with van der Waals surface area (Å²) in [6.45, 7) is 5.26. The van der Waals surface area contributed by atoms with E-state index in [-0.39, 0.29) is 19.8 Å². The third-order valence-electron chi connectivity index (χ3n) is 4.29. The van der Waals surface area contributed by atoms with E-state index in [1.165, 1.54) is 8.61 Å². The van der Waals surface area contributed by atoms with E-state index in [1.54, 1.807) is 6.92 Å². The molecule has 0 amide bonds. The van der Waals surface area contributed by atoms with E-state index >= 15 is 0 Å². The number of hydrogen-bond donors (Lipinski definition) is 1. The zero-order valence-corrected chi connectivity index (χ0v) is 13.4. The van der Waals surface area contributed by atoms with Crippen LogP contribution >= 0.6 is 0 Å². The van der Waals surface area contributed by atoms with Crippen molar-refractivity contribution in [3.8, 4) is 0 Å². The van der Waals surface area contributed by atoms with Gasteiger partial charge in [-0.1, -0.05) is 13.8 Å². The van der Waals surface area contributed by atoms with Crippen molar-refractivity contribution in [2.45, 2.75) is 32.7 Å². The van der Waals surface area contributed by atoms with Gasteiger partial charge in [0, 0.05) is 19.6 Å². The molecule has 2 saturated heterocycles. The zero-order valence-electron chi connectivity index (χ0n) is 12.6. The molecule has 0 aromatic rings. The Morgan fingerprint density at radius 1 is 1.43 bits per heavy atom. The second-order valence-corrected chi connectivity index (χ2v) is 7.75. The molecule has 0 bridgehead atoms. The largest absolute Gasteiger partial charge is 0.481 e. The molecule has 0 saturated carbocycles. The number of piperidine rings is 1. The number of carboxylic acid groups (broad SMARTS) is 1. The van der Waals surface area contributed by atoms with Gasteiger partial charge < -0.3 is 9.84 Å². The summed E-state index contributed by atoms with van der Waals surface area (Å²) in [6.07, 6.45) is 1.88. The molecule has 21 heavy (non-hydrogen) atoms. The average molecular weight is 320 g/mol. The van der Waals surface area contributed by atoms with Gasteiger partial charge in [-0.05, 0) is 18.8 Å². The van der Waals surface area contributed by atoms with Gasteiger partial charge in [-0.25, -0.2) is 0 Å². The van der Waals surface area contributed by atoms with Gasteiger partial charge in [0.2, 0.25) is 0 Å². The highest BCUT2D eigenvalue weighted by Crippen LogP contribution is 2.27. The Morgan fingerprint density at radius 3 is 2.71 bits per heavy atom. The second kappa shape index (κ2) is 6.60. The first-order valence-corrected chi connectivity index (χ1v) is 8.85. The fourth-order valence-electron chi connectivity index (χ4n) is 3.14. The van der Waals surface area contributed by atoms with Crippen LogP contribution in [0.2, 0.25) is 0 Å². The van der Waals surface area contributed by atoms with Crippen molar-refractivity contribution in [3.63, 3.8) is 0 Å². The maximum atomic E-state index is 12.8. The topological polar surface area (TPSA) is 87.1 Å². The summed E-state index contributed by atoms with van der Waals surface area (Å²) in [5.74, 6) is -1.46. The maximum absolute atomic E-state index is 12.8. The molecule has 0 aliphatic carbocycles. The van der Waals surface area contributed by atoms with Crippen molar-refractivity contribution in [1.82, 2.24) is 8.61 Å². The Balaban J connectivity index is 2.21. The van der Waals surface area contributed by atoms with E-state index in [0.717, 1.165) is 12.8 Å². The molecule has 2 rings (SSSR count). The number of rotatable bonds is 5. The molecular weight excluding hydrogens is 296 g/mol. The SMILES string of the molecule is CCN(C1COCC1C(=O)O)S(=O)(=O)N1CCCC(C)C1. The summed E-state index contributed by atoms with van der Waals surface area (Å²) >= 11 is 0. The minimum absolute atomic E-state index is 0.0718. The highest BCUT2D eigenvalue weighted by atomic mass is 32.2. The quantitative estimate of drug-likeness (QED) is 0.791. The summed E-state index contributed by atoms with van der Waals surface area (Å²) in [5.41, 5.74) is 0. The average Bonchev–Trinajstić information content (AvgIpc) is 2.88. The van der Waals surface area contributed by atoms with E-state index in [4.69, 9.17) is 4.74 Å². The van der Waals surface area contributed by atoms with Crippen LogP contribution in [0.3, 0.4) is 0 Å². The van der Waals surface area contributed by atoms with Crippen LogP contribution in [-0.2, 0) is 19.7 Å². The van der Waals surface area contributed by atoms with Crippen molar-refractivity contribution in [3.05, 3.63) is 0 Å². The molecule has 2 heterocycles. The Kier molecular flexibility index (Phi) is 5.24. The van der Waals surface area contributed by atoms with Gasteiger partial charge >= 0.3 is 5.97 Å². The molecule has 0 spiro atoms. The Hall–Kier alpha value is -0.700. The first-order valence-electron chi connectivity index (χ1n) is 7.45. The Morgan fingerprint density at radius 2 is 2.14 bits per heavy atom. The first kappa shape index (κ1) is 16.7. The number of likely N-dealkylation sites (N-methyl/N-ethyl adjacent to an activating group) is 1. The van der Waals surface area contributed by atoms with E-state index < -0.39 is 28.1 Å². The lowest BCUT2D eigenvalue weighted by Crippen LogP contribution is -2.53. The van der Waals surface area contributed by atoms with Crippen LogP contribution in [0.5, 0.6) is 0 Å². The fraction of sp³-hybridized carbons (Fsp3) is 0.923. The molecule has 122 valence electrons. The van der Waals surface area contributed by atoms with Gasteiger partial charge in [-0.3, -0.25) is 4.79 Å². The van der Waals surface area contributed by atoms with Crippen LogP contribution in [0.15, 0.2) is 0 Å². The van der Waals surface area contributed by atoms with Crippen LogP contribution in [0.25, 0.3) is 0 Å². The number of aliphatic carboxylic acids is 1. The molecule has 2 aliphatic heterocycles. The van der Waals surface area contributed by atoms with E-state index in [1.807, 2.05) is 6.92 Å². The summed E-state index contributed by atoms with van der Waals surface area (Å²) in [4.78, 5) is 11.3. The third kappa shape index (κ3) is 3.39. The van der Waals surface area contributed by atoms with E-state index in [2.05, 4.69) is 0 Å². The molecule has 3 atom stereocenters. The van der Waals surface area contributed by atoms with E-state index in [9.17, 15) is 18.3 Å². The highest BCUT2D eigenvalue weighted by molar-refractivity contribution is 7.86. The lowest BCUT2D eigenvalue weighted by Gasteiger charge is -2.36. The lowest BCUT2D eigenvalue weighted by molar-refractivity contribution is -0.142. The fourth-order valence-corrected chi connectivity index (χ4v) is 5.11. The van der Waals surface area contributed by atoms with Crippen molar-refractivity contribution < 1.29 is 23.1 Å². The zero-order chi connectivity index (χ0) is 15.6. The number of carbonyl (C=O) groups is 1. The predicted molar refractivity (Wildman–Crippen MR) is 77.0 cm³/mol. The summed E-state index contributed by atoms with van der Waals surface area (Å²) in [5, 5.41) is 9.23. The molecule has 3 unspecified atom stereocenters. The molecule has 1 N–H and O–H groups in total. The van der Waals surface area contributed by atoms with Crippen molar-refractivity contribution in [2.24, 2.45) is 11.8 Å². The minimum Gasteiger partial charge on any atom is -0.481 e. The highest BCUT2D eigenvalue weighted by Gasteiger charge is 2.44. The molecule has 2 aliphatic rings. The van der Waals surface area contributed by atoms with Crippen molar-refractivity contribution in [1.29, 1.82) is 0 Å². The molecule has 0 radical (unpaired) electrons. The van der Waals surface area contributed by atoms with Gasteiger partial charge in [0.1, 0.15) is 0 Å². The van der Waals surface area contributed by atoms with Crippen LogP contribution < -0.4 is 0 Å². The first-order chi connectivity index (χ1) is 9.87. The van der Waals surface area contributed by atoms with Crippen molar-refractivity contribution in [2.75, 3.05) is 32.8 Å². The number of ether oxygens (including phenoxy) is 1. The standard InChI is InChI=1S/C13H24N2O5S/c1-3-15(12-9-20-8-11(12)13(16)17)21(18,19)14-6-4-5-10(2)7-14/h10-12H,3-9H2,1-2H3,(H,16,17). The molecule has 8 heteroatoms. The minimum atomic E-state index is -3.63. The smallest absolute Gasteiger partial charge is 0.310 e. The monoisotopic (exact) mass is 320 g/mol. The Bertz CT molecular complexity index is 481. The molecule has 0 aromatic carbocycles. The third-order valence-corrected chi connectivity index (χ3v) is 6.40. The summed E-state index contributed by atoms with van der Waals surface area (Å²) in [6, 6.07) is -0.616. The van der Waals surface area contributed by atoms with Gasteiger partial charge in [-0.15, -0.1) is 0 Å². The Labute approximate surface area is 126 Å². The van der Waals surface area contributed by atoms with Crippen LogP contribution in [0.1, 0.15) is 26.7 Å². The predicted octanol–water partition coefficient (Wildman–Crippen LogP) is 0.385. The van der Waals surface area contributed by atoms with Gasteiger partial charge in [-0.2, -0.15) is 17.0 Å². The van der Waals surface area contributed by atoms with E-state index in [0.29, 0.717) is 19.0 Å². The lowest BCUT2D eigenvalue weighted by atomic mass is 10.0. The molecular formula is C13H24N2O5S. The van der Waals surface area contributed by atoms with Gasteiger partial charge in [0.15, 0.2) is 0 Å².